The van der Waals surface area contributed by atoms with Crippen molar-refractivity contribution in [1.82, 2.24) is 9.88 Å². The van der Waals surface area contributed by atoms with Gasteiger partial charge in [-0.05, 0) is 31.8 Å². The van der Waals surface area contributed by atoms with Crippen LogP contribution in [0.25, 0.3) is 0 Å². The topological polar surface area (TPSA) is 65.5 Å². The van der Waals surface area contributed by atoms with E-state index in [2.05, 4.69) is 15.2 Å². The number of hydrogen-bond donors (Lipinski definition) is 2. The van der Waals surface area contributed by atoms with Crippen molar-refractivity contribution >= 4 is 22.4 Å². The first-order chi connectivity index (χ1) is 8.22. The van der Waals surface area contributed by atoms with Gasteiger partial charge in [0.1, 0.15) is 4.88 Å². The summed E-state index contributed by atoms with van der Waals surface area (Å²) in [6, 6.07) is 0.435. The van der Waals surface area contributed by atoms with E-state index in [-0.39, 0.29) is 0 Å². The van der Waals surface area contributed by atoms with E-state index in [1.165, 1.54) is 43.5 Å². The number of carboxylic acid groups (broad SMARTS) is 1. The number of aromatic carboxylic acids is 1. The molecule has 1 aromatic rings. The molecule has 3 fully saturated rings. The number of hydrogen-bond acceptors (Lipinski definition) is 5. The molecule has 92 valence electrons. The molecule has 3 saturated heterocycles. The summed E-state index contributed by atoms with van der Waals surface area (Å²) < 4.78 is 0. The molecule has 0 spiro atoms. The van der Waals surface area contributed by atoms with Gasteiger partial charge in [-0.2, -0.15) is 0 Å². The molecule has 1 atom stereocenters. The first kappa shape index (κ1) is 11.0. The van der Waals surface area contributed by atoms with Crippen LogP contribution >= 0.6 is 11.3 Å². The monoisotopic (exact) mass is 253 g/mol. The fraction of sp³-hybridized carbons (Fsp3) is 0.636. The zero-order valence-corrected chi connectivity index (χ0v) is 10.2. The zero-order valence-electron chi connectivity index (χ0n) is 9.43. The van der Waals surface area contributed by atoms with E-state index in [4.69, 9.17) is 5.11 Å². The average molecular weight is 253 g/mol. The number of aromatic nitrogens is 1. The summed E-state index contributed by atoms with van der Waals surface area (Å²) in [5.74, 6) is -0.179. The summed E-state index contributed by atoms with van der Waals surface area (Å²) in [7, 11) is 0. The summed E-state index contributed by atoms with van der Waals surface area (Å²) in [6.45, 7) is 3.48. The summed E-state index contributed by atoms with van der Waals surface area (Å²) in [5.41, 5.74) is 0. The van der Waals surface area contributed by atoms with Gasteiger partial charge in [0, 0.05) is 12.6 Å². The number of piperidine rings is 3. The lowest BCUT2D eigenvalue weighted by Gasteiger charge is -2.44. The number of nitrogens with one attached hydrogen (secondary N) is 1. The molecule has 2 bridgehead atoms. The van der Waals surface area contributed by atoms with E-state index in [1.807, 2.05) is 0 Å². The molecular formula is C11H15N3O2S. The Kier molecular flexibility index (Phi) is 2.76. The summed E-state index contributed by atoms with van der Waals surface area (Å²) in [4.78, 5) is 17.7. The van der Waals surface area contributed by atoms with Crippen molar-refractivity contribution in [3.8, 4) is 0 Å². The Balaban J connectivity index is 1.68. The normalized spacial score (nSPS) is 31.4. The van der Waals surface area contributed by atoms with Gasteiger partial charge in [0.05, 0.1) is 6.20 Å². The first-order valence-electron chi connectivity index (χ1n) is 5.90. The van der Waals surface area contributed by atoms with Crippen LogP contribution < -0.4 is 5.32 Å². The van der Waals surface area contributed by atoms with E-state index >= 15 is 0 Å². The minimum absolute atomic E-state index is 0.300. The van der Waals surface area contributed by atoms with Crippen molar-refractivity contribution in [3.63, 3.8) is 0 Å². The molecule has 17 heavy (non-hydrogen) atoms. The van der Waals surface area contributed by atoms with Crippen LogP contribution in [0.3, 0.4) is 0 Å². The quantitative estimate of drug-likeness (QED) is 0.851. The predicted octanol–water partition coefficient (Wildman–Crippen LogP) is 1.35. The number of thiazole rings is 1. The van der Waals surface area contributed by atoms with E-state index < -0.39 is 5.97 Å². The smallest absolute Gasteiger partial charge is 0.347 e. The van der Waals surface area contributed by atoms with Gasteiger partial charge in [-0.25, -0.2) is 9.78 Å². The van der Waals surface area contributed by atoms with Gasteiger partial charge in [-0.15, -0.1) is 0 Å². The van der Waals surface area contributed by atoms with Crippen LogP contribution in [-0.4, -0.2) is 46.6 Å². The van der Waals surface area contributed by atoms with Crippen LogP contribution in [0.2, 0.25) is 0 Å². The van der Waals surface area contributed by atoms with Crippen LogP contribution in [0.5, 0.6) is 0 Å². The largest absolute Gasteiger partial charge is 0.477 e. The summed E-state index contributed by atoms with van der Waals surface area (Å²) in [5, 5.41) is 13.0. The highest BCUT2D eigenvalue weighted by molar-refractivity contribution is 7.17. The molecule has 5 nitrogen and oxygen atoms in total. The van der Waals surface area contributed by atoms with Gasteiger partial charge in [-0.1, -0.05) is 11.3 Å². The van der Waals surface area contributed by atoms with Gasteiger partial charge in [0.25, 0.3) is 0 Å². The number of rotatable bonds is 3. The molecule has 0 radical (unpaired) electrons. The minimum Gasteiger partial charge on any atom is -0.477 e. The number of fused-ring (bicyclic) bond motifs is 3. The Bertz CT molecular complexity index is 426. The lowest BCUT2D eigenvalue weighted by Crippen LogP contribution is -2.53. The van der Waals surface area contributed by atoms with Crippen molar-refractivity contribution < 1.29 is 9.90 Å². The molecule has 0 aliphatic carbocycles. The van der Waals surface area contributed by atoms with E-state index in [1.54, 1.807) is 0 Å². The van der Waals surface area contributed by atoms with Crippen LogP contribution in [0.1, 0.15) is 22.5 Å². The molecule has 6 heteroatoms. The lowest BCUT2D eigenvalue weighted by atomic mass is 9.84. The van der Waals surface area contributed by atoms with Crippen molar-refractivity contribution in [2.24, 2.45) is 5.92 Å². The summed E-state index contributed by atoms with van der Waals surface area (Å²) in [6.07, 6.45) is 3.92. The van der Waals surface area contributed by atoms with Gasteiger partial charge in [-0.3, -0.25) is 0 Å². The van der Waals surface area contributed by atoms with Crippen molar-refractivity contribution in [2.45, 2.75) is 18.9 Å². The third-order valence-electron chi connectivity index (χ3n) is 3.68. The maximum atomic E-state index is 10.8. The molecule has 4 heterocycles. The standard InChI is InChI=1S/C11H15N3O2S/c15-10(16)9-5-12-11(17-9)13-8-6-14-3-1-7(8)2-4-14/h5,7-8H,1-4,6H2,(H,12,13)(H,15,16). The van der Waals surface area contributed by atoms with Crippen LogP contribution in [0.15, 0.2) is 6.20 Å². The SMILES string of the molecule is O=C(O)c1cnc(NC2CN3CCC2CC3)s1. The molecule has 2 N–H and O–H groups in total. The Labute approximate surface area is 103 Å². The lowest BCUT2D eigenvalue weighted by molar-refractivity contribution is 0.0702. The van der Waals surface area contributed by atoms with Crippen molar-refractivity contribution in [3.05, 3.63) is 11.1 Å². The number of carbonyl (C=O) groups is 1. The maximum Gasteiger partial charge on any atom is 0.347 e. The van der Waals surface area contributed by atoms with Crippen molar-refractivity contribution in [1.29, 1.82) is 0 Å². The highest BCUT2D eigenvalue weighted by Gasteiger charge is 2.34. The molecule has 4 rings (SSSR count). The van der Waals surface area contributed by atoms with Gasteiger partial charge in [0.2, 0.25) is 0 Å². The fourth-order valence-electron chi connectivity index (χ4n) is 2.73. The Hall–Kier alpha value is -1.14. The maximum absolute atomic E-state index is 10.8. The highest BCUT2D eigenvalue weighted by Crippen LogP contribution is 2.30. The average Bonchev–Trinajstić information content (AvgIpc) is 2.79. The molecule has 0 aromatic carbocycles. The fourth-order valence-corrected chi connectivity index (χ4v) is 3.44. The second kappa shape index (κ2) is 4.27. The molecular weight excluding hydrogens is 238 g/mol. The number of anilines is 1. The molecule has 3 aliphatic rings. The second-order valence-electron chi connectivity index (χ2n) is 4.72. The van der Waals surface area contributed by atoms with Gasteiger partial charge >= 0.3 is 5.97 Å². The molecule has 3 aliphatic heterocycles. The number of nitrogens with zero attached hydrogens (tertiary/aromatic N) is 2. The van der Waals surface area contributed by atoms with Gasteiger partial charge in [0.15, 0.2) is 5.13 Å². The second-order valence-corrected chi connectivity index (χ2v) is 5.75. The Morgan fingerprint density at radius 2 is 2.29 bits per heavy atom. The predicted molar refractivity (Wildman–Crippen MR) is 65.6 cm³/mol. The molecule has 1 aromatic heterocycles. The molecule has 0 saturated carbocycles. The molecule has 1 unspecified atom stereocenters. The summed E-state index contributed by atoms with van der Waals surface area (Å²) >= 11 is 1.22. The van der Waals surface area contributed by atoms with Crippen LogP contribution in [-0.2, 0) is 0 Å². The highest BCUT2D eigenvalue weighted by atomic mass is 32.1. The minimum atomic E-state index is -0.899. The van der Waals surface area contributed by atoms with Crippen molar-refractivity contribution in [2.75, 3.05) is 25.0 Å². The van der Waals surface area contributed by atoms with E-state index in [9.17, 15) is 4.79 Å². The first-order valence-corrected chi connectivity index (χ1v) is 6.72. The van der Waals surface area contributed by atoms with Gasteiger partial charge < -0.3 is 15.3 Å². The van der Waals surface area contributed by atoms with Crippen LogP contribution in [0.4, 0.5) is 5.13 Å². The zero-order chi connectivity index (χ0) is 11.8. The Morgan fingerprint density at radius 3 is 2.82 bits per heavy atom. The van der Waals surface area contributed by atoms with Crippen LogP contribution in [0, 0.1) is 5.92 Å². The van der Waals surface area contributed by atoms with E-state index in [0.29, 0.717) is 10.9 Å². The third kappa shape index (κ3) is 2.14. The van der Waals surface area contributed by atoms with E-state index in [0.717, 1.165) is 17.6 Å². The number of carboxylic acids is 1. The Morgan fingerprint density at radius 1 is 1.53 bits per heavy atom. The third-order valence-corrected chi connectivity index (χ3v) is 4.60. The molecule has 0 amide bonds.